The fourth-order valence-electron chi connectivity index (χ4n) is 3.05. The molecule has 0 bridgehead atoms. The Bertz CT molecular complexity index is 736. The Hall–Kier alpha value is -2.43. The smallest absolute Gasteiger partial charge is 0.272 e. The third kappa shape index (κ3) is 3.55. The van der Waals surface area contributed by atoms with E-state index in [2.05, 4.69) is 35.2 Å². The predicted molar refractivity (Wildman–Crippen MR) is 95.7 cm³/mol. The van der Waals surface area contributed by atoms with Gasteiger partial charge in [0.2, 0.25) is 5.95 Å². The number of para-hydroxylation sites is 1. The van der Waals surface area contributed by atoms with E-state index in [1.54, 1.807) is 6.07 Å². The third-order valence-electron chi connectivity index (χ3n) is 4.30. The molecule has 126 valence electrons. The van der Waals surface area contributed by atoms with Crippen LogP contribution in [0.2, 0.25) is 0 Å². The number of aromatic nitrogens is 2. The number of carbonyl (C=O) groups excluding carboxylic acids is 1. The van der Waals surface area contributed by atoms with Crippen LogP contribution in [-0.4, -0.2) is 33.9 Å². The number of rotatable bonds is 4. The van der Waals surface area contributed by atoms with Crippen molar-refractivity contribution in [2.24, 2.45) is 0 Å². The summed E-state index contributed by atoms with van der Waals surface area (Å²) in [4.78, 5) is 23.4. The molecule has 1 aliphatic heterocycles. The van der Waals surface area contributed by atoms with Crippen LogP contribution in [0.15, 0.2) is 30.3 Å². The van der Waals surface area contributed by atoms with Gasteiger partial charge in [-0.25, -0.2) is 9.97 Å². The van der Waals surface area contributed by atoms with E-state index in [0.29, 0.717) is 17.6 Å². The van der Waals surface area contributed by atoms with Gasteiger partial charge in [-0.05, 0) is 43.4 Å². The first-order valence-corrected chi connectivity index (χ1v) is 8.55. The first kappa shape index (κ1) is 16.4. The van der Waals surface area contributed by atoms with Gasteiger partial charge in [0.15, 0.2) is 0 Å². The summed E-state index contributed by atoms with van der Waals surface area (Å²) in [5, 5.41) is 3.29. The van der Waals surface area contributed by atoms with Crippen LogP contribution in [0.4, 0.5) is 11.6 Å². The molecule has 0 aliphatic carbocycles. The number of nitrogens with one attached hydrogen (secondary N) is 1. The molecule has 1 aromatic heterocycles. The highest BCUT2D eigenvalue weighted by molar-refractivity contribution is 5.93. The Labute approximate surface area is 143 Å². The van der Waals surface area contributed by atoms with Crippen LogP contribution in [-0.2, 0) is 0 Å². The Kier molecular flexibility index (Phi) is 4.79. The minimum Gasteiger partial charge on any atom is -0.337 e. The van der Waals surface area contributed by atoms with Gasteiger partial charge in [-0.1, -0.05) is 32.0 Å². The Morgan fingerprint density at radius 1 is 1.17 bits per heavy atom. The van der Waals surface area contributed by atoms with Crippen LogP contribution < -0.4 is 5.32 Å². The highest BCUT2D eigenvalue weighted by Crippen LogP contribution is 2.26. The van der Waals surface area contributed by atoms with E-state index in [1.165, 1.54) is 5.56 Å². The van der Waals surface area contributed by atoms with E-state index in [4.69, 9.17) is 0 Å². The molecule has 5 nitrogen and oxygen atoms in total. The van der Waals surface area contributed by atoms with Crippen molar-refractivity contribution in [1.82, 2.24) is 14.9 Å². The van der Waals surface area contributed by atoms with Gasteiger partial charge in [0.05, 0.1) is 0 Å². The van der Waals surface area contributed by atoms with Gasteiger partial charge in [0.1, 0.15) is 5.69 Å². The first-order chi connectivity index (χ1) is 11.5. The fraction of sp³-hybridized carbons (Fsp3) is 0.421. The number of likely N-dealkylation sites (tertiary alicyclic amines) is 1. The lowest BCUT2D eigenvalue weighted by molar-refractivity contribution is 0.0787. The summed E-state index contributed by atoms with van der Waals surface area (Å²) in [6.45, 7) is 7.84. The number of amides is 1. The normalized spacial score (nSPS) is 14.2. The number of hydrogen-bond acceptors (Lipinski definition) is 4. The van der Waals surface area contributed by atoms with Crippen LogP contribution >= 0.6 is 0 Å². The summed E-state index contributed by atoms with van der Waals surface area (Å²) < 4.78 is 0. The lowest BCUT2D eigenvalue weighted by Crippen LogP contribution is -2.28. The maximum Gasteiger partial charge on any atom is 0.272 e. The van der Waals surface area contributed by atoms with Gasteiger partial charge in [-0.15, -0.1) is 0 Å². The summed E-state index contributed by atoms with van der Waals surface area (Å²) in [7, 11) is 0. The zero-order valence-electron chi connectivity index (χ0n) is 14.5. The van der Waals surface area contributed by atoms with Crippen molar-refractivity contribution in [2.75, 3.05) is 18.4 Å². The van der Waals surface area contributed by atoms with Crippen LogP contribution in [0.5, 0.6) is 0 Å². The molecule has 5 heteroatoms. The number of aryl methyl sites for hydroxylation is 1. The molecule has 0 atom stereocenters. The average molecular weight is 324 g/mol. The molecule has 0 unspecified atom stereocenters. The molecule has 0 radical (unpaired) electrons. The SMILES string of the molecule is Cc1cc(C(=O)N2CCCC2)nc(Nc2ccccc2C(C)C)n1. The number of benzene rings is 1. The molecular weight excluding hydrogens is 300 g/mol. The van der Waals surface area contributed by atoms with Crippen LogP contribution in [0.25, 0.3) is 0 Å². The van der Waals surface area contributed by atoms with E-state index in [9.17, 15) is 4.79 Å². The van der Waals surface area contributed by atoms with E-state index in [1.807, 2.05) is 30.0 Å². The van der Waals surface area contributed by atoms with Crippen LogP contribution in [0, 0.1) is 6.92 Å². The molecule has 1 fully saturated rings. The molecule has 2 heterocycles. The maximum atomic E-state index is 12.6. The molecular formula is C19H24N4O. The Morgan fingerprint density at radius 3 is 2.58 bits per heavy atom. The molecule has 1 aromatic carbocycles. The number of anilines is 2. The number of nitrogens with zero attached hydrogens (tertiary/aromatic N) is 3. The first-order valence-electron chi connectivity index (χ1n) is 8.55. The van der Waals surface area contributed by atoms with Crippen molar-refractivity contribution in [3.8, 4) is 0 Å². The summed E-state index contributed by atoms with van der Waals surface area (Å²) in [6, 6.07) is 9.89. The minimum absolute atomic E-state index is 0.00167. The molecule has 0 spiro atoms. The second-order valence-corrected chi connectivity index (χ2v) is 6.58. The van der Waals surface area contributed by atoms with Crippen LogP contribution in [0.1, 0.15) is 54.4 Å². The molecule has 24 heavy (non-hydrogen) atoms. The van der Waals surface area contributed by atoms with Crippen molar-refractivity contribution in [2.45, 2.75) is 39.5 Å². The van der Waals surface area contributed by atoms with Gasteiger partial charge >= 0.3 is 0 Å². The van der Waals surface area contributed by atoms with Crippen molar-refractivity contribution >= 4 is 17.5 Å². The summed E-state index contributed by atoms with van der Waals surface area (Å²) in [5.74, 6) is 0.869. The molecule has 1 N–H and O–H groups in total. The van der Waals surface area contributed by atoms with E-state index in [-0.39, 0.29) is 5.91 Å². The van der Waals surface area contributed by atoms with E-state index in [0.717, 1.165) is 37.3 Å². The molecule has 1 aliphatic rings. The molecule has 0 saturated carbocycles. The number of carbonyl (C=O) groups is 1. The molecule has 1 saturated heterocycles. The zero-order chi connectivity index (χ0) is 17.1. The van der Waals surface area contributed by atoms with Crippen molar-refractivity contribution in [1.29, 1.82) is 0 Å². The Morgan fingerprint density at radius 2 is 1.88 bits per heavy atom. The third-order valence-corrected chi connectivity index (χ3v) is 4.30. The van der Waals surface area contributed by atoms with E-state index >= 15 is 0 Å². The molecule has 2 aromatic rings. The predicted octanol–water partition coefficient (Wildman–Crippen LogP) is 3.89. The zero-order valence-corrected chi connectivity index (χ0v) is 14.5. The van der Waals surface area contributed by atoms with Gasteiger partial charge in [0.25, 0.3) is 5.91 Å². The van der Waals surface area contributed by atoms with E-state index < -0.39 is 0 Å². The van der Waals surface area contributed by atoms with Gasteiger partial charge in [0, 0.05) is 24.5 Å². The lowest BCUT2D eigenvalue weighted by Gasteiger charge is -2.17. The molecule has 3 rings (SSSR count). The van der Waals surface area contributed by atoms with Crippen LogP contribution in [0.3, 0.4) is 0 Å². The Balaban J connectivity index is 1.88. The standard InChI is InChI=1S/C19H24N4O/c1-13(2)15-8-4-5-9-16(15)21-19-20-14(3)12-17(22-19)18(24)23-10-6-7-11-23/h4-5,8-9,12-13H,6-7,10-11H2,1-3H3,(H,20,21,22). The highest BCUT2D eigenvalue weighted by Gasteiger charge is 2.21. The van der Waals surface area contributed by atoms with Crippen molar-refractivity contribution in [3.63, 3.8) is 0 Å². The number of hydrogen-bond donors (Lipinski definition) is 1. The average Bonchev–Trinajstić information content (AvgIpc) is 3.08. The summed E-state index contributed by atoms with van der Waals surface area (Å²) in [6.07, 6.45) is 2.14. The summed E-state index contributed by atoms with van der Waals surface area (Å²) in [5.41, 5.74) is 3.44. The van der Waals surface area contributed by atoms with Gasteiger partial charge in [-0.2, -0.15) is 0 Å². The molecule has 1 amide bonds. The topological polar surface area (TPSA) is 58.1 Å². The maximum absolute atomic E-state index is 12.6. The largest absolute Gasteiger partial charge is 0.337 e. The van der Waals surface area contributed by atoms with Crippen molar-refractivity contribution in [3.05, 3.63) is 47.3 Å². The van der Waals surface area contributed by atoms with Gasteiger partial charge < -0.3 is 10.2 Å². The quantitative estimate of drug-likeness (QED) is 0.927. The summed E-state index contributed by atoms with van der Waals surface area (Å²) >= 11 is 0. The second-order valence-electron chi connectivity index (χ2n) is 6.58. The van der Waals surface area contributed by atoms with Crippen molar-refractivity contribution < 1.29 is 4.79 Å². The highest BCUT2D eigenvalue weighted by atomic mass is 16.2. The second kappa shape index (κ2) is 6.99. The lowest BCUT2D eigenvalue weighted by atomic mass is 10.0. The minimum atomic E-state index is -0.00167. The van der Waals surface area contributed by atoms with Gasteiger partial charge in [-0.3, -0.25) is 4.79 Å². The fourth-order valence-corrected chi connectivity index (χ4v) is 3.05. The monoisotopic (exact) mass is 324 g/mol.